The SMILES string of the molecule is COc1cc(C(=O)N2CCCC(C(C)N)C2)cc(Cl)c1OCC(C)C. The summed E-state index contributed by atoms with van der Waals surface area (Å²) in [6.07, 6.45) is 2.03. The molecule has 0 radical (unpaired) electrons. The van der Waals surface area contributed by atoms with Crippen molar-refractivity contribution in [1.82, 2.24) is 4.90 Å². The van der Waals surface area contributed by atoms with Gasteiger partial charge in [0, 0.05) is 24.7 Å². The van der Waals surface area contributed by atoms with E-state index in [1.807, 2.05) is 11.8 Å². The third kappa shape index (κ3) is 5.02. The number of likely N-dealkylation sites (tertiary alicyclic amines) is 1. The van der Waals surface area contributed by atoms with Crippen molar-refractivity contribution in [3.63, 3.8) is 0 Å². The molecule has 1 aliphatic heterocycles. The first-order valence-corrected chi connectivity index (χ1v) is 9.26. The molecule has 6 heteroatoms. The Kier molecular flexibility index (Phi) is 6.96. The molecule has 25 heavy (non-hydrogen) atoms. The Hall–Kier alpha value is -1.46. The van der Waals surface area contributed by atoms with E-state index < -0.39 is 0 Å². The summed E-state index contributed by atoms with van der Waals surface area (Å²) in [7, 11) is 1.55. The summed E-state index contributed by atoms with van der Waals surface area (Å²) >= 11 is 6.36. The Morgan fingerprint density at radius 2 is 2.12 bits per heavy atom. The average molecular weight is 369 g/mol. The van der Waals surface area contributed by atoms with Gasteiger partial charge in [-0.15, -0.1) is 0 Å². The highest BCUT2D eigenvalue weighted by molar-refractivity contribution is 6.32. The summed E-state index contributed by atoms with van der Waals surface area (Å²) in [5, 5.41) is 0.393. The second-order valence-corrected chi connectivity index (χ2v) is 7.61. The molecule has 1 saturated heterocycles. The van der Waals surface area contributed by atoms with Crippen molar-refractivity contribution < 1.29 is 14.3 Å². The van der Waals surface area contributed by atoms with E-state index in [1.165, 1.54) is 0 Å². The lowest BCUT2D eigenvalue weighted by atomic mass is 9.92. The summed E-state index contributed by atoms with van der Waals surface area (Å²) in [6, 6.07) is 3.46. The van der Waals surface area contributed by atoms with E-state index in [-0.39, 0.29) is 11.9 Å². The second kappa shape index (κ2) is 8.77. The zero-order valence-electron chi connectivity index (χ0n) is 15.5. The monoisotopic (exact) mass is 368 g/mol. The molecule has 1 aromatic carbocycles. The third-order valence-electron chi connectivity index (χ3n) is 4.53. The lowest BCUT2D eigenvalue weighted by molar-refractivity contribution is 0.0660. The molecule has 2 unspecified atom stereocenters. The van der Waals surface area contributed by atoms with Crippen molar-refractivity contribution in [3.05, 3.63) is 22.7 Å². The van der Waals surface area contributed by atoms with Crippen molar-refractivity contribution in [1.29, 1.82) is 0 Å². The molecule has 0 bridgehead atoms. The maximum atomic E-state index is 12.9. The molecule has 2 N–H and O–H groups in total. The number of carbonyl (C=O) groups is 1. The summed E-state index contributed by atoms with van der Waals surface area (Å²) in [5.74, 6) is 1.63. The van der Waals surface area contributed by atoms with Crippen LogP contribution in [-0.4, -0.2) is 43.7 Å². The number of halogens is 1. The molecule has 1 heterocycles. The van der Waals surface area contributed by atoms with Gasteiger partial charge >= 0.3 is 0 Å². The van der Waals surface area contributed by atoms with Gasteiger partial charge in [0.15, 0.2) is 11.5 Å². The molecule has 0 spiro atoms. The van der Waals surface area contributed by atoms with Gasteiger partial charge < -0.3 is 20.1 Å². The van der Waals surface area contributed by atoms with Gasteiger partial charge in [0.2, 0.25) is 0 Å². The maximum Gasteiger partial charge on any atom is 0.254 e. The molecule has 1 aliphatic rings. The smallest absolute Gasteiger partial charge is 0.254 e. The lowest BCUT2D eigenvalue weighted by Crippen LogP contribution is -2.45. The number of piperidine rings is 1. The number of nitrogens with zero attached hydrogens (tertiary/aromatic N) is 1. The largest absolute Gasteiger partial charge is 0.493 e. The second-order valence-electron chi connectivity index (χ2n) is 7.21. The first-order valence-electron chi connectivity index (χ1n) is 8.88. The molecule has 140 valence electrons. The number of benzene rings is 1. The normalized spacial score (nSPS) is 19.0. The fourth-order valence-electron chi connectivity index (χ4n) is 3.04. The van der Waals surface area contributed by atoms with Crippen molar-refractivity contribution in [3.8, 4) is 11.5 Å². The van der Waals surface area contributed by atoms with E-state index in [4.69, 9.17) is 26.8 Å². The minimum Gasteiger partial charge on any atom is -0.493 e. The van der Waals surface area contributed by atoms with E-state index in [9.17, 15) is 4.79 Å². The Bertz CT molecular complexity index is 605. The van der Waals surface area contributed by atoms with Crippen LogP contribution < -0.4 is 15.2 Å². The van der Waals surface area contributed by atoms with Crippen molar-refractivity contribution in [2.75, 3.05) is 26.8 Å². The van der Waals surface area contributed by atoms with Crippen LogP contribution in [0.25, 0.3) is 0 Å². The predicted molar refractivity (Wildman–Crippen MR) is 101 cm³/mol. The number of nitrogens with two attached hydrogens (primary N) is 1. The Labute approximate surface area is 155 Å². The predicted octanol–water partition coefficient (Wildman–Crippen LogP) is 3.58. The number of rotatable bonds is 6. The summed E-state index contributed by atoms with van der Waals surface area (Å²) in [6.45, 7) is 8.08. The topological polar surface area (TPSA) is 64.8 Å². The fraction of sp³-hybridized carbons (Fsp3) is 0.632. The van der Waals surface area contributed by atoms with E-state index in [0.717, 1.165) is 19.4 Å². The van der Waals surface area contributed by atoms with Crippen LogP contribution in [0, 0.1) is 11.8 Å². The number of carbonyl (C=O) groups excluding carboxylic acids is 1. The van der Waals surface area contributed by atoms with Gasteiger partial charge in [0.1, 0.15) is 0 Å². The van der Waals surface area contributed by atoms with Crippen LogP contribution in [0.15, 0.2) is 12.1 Å². The van der Waals surface area contributed by atoms with Crippen LogP contribution >= 0.6 is 11.6 Å². The van der Waals surface area contributed by atoms with Crippen molar-refractivity contribution in [2.45, 2.75) is 39.7 Å². The minimum atomic E-state index is -0.0408. The molecule has 1 aromatic rings. The van der Waals surface area contributed by atoms with Crippen LogP contribution in [-0.2, 0) is 0 Å². The van der Waals surface area contributed by atoms with Crippen LogP contribution in [0.5, 0.6) is 11.5 Å². The molecular formula is C19H29ClN2O3. The van der Waals surface area contributed by atoms with Crippen LogP contribution in [0.2, 0.25) is 5.02 Å². The first kappa shape index (κ1) is 19.9. The number of ether oxygens (including phenoxy) is 2. The maximum absolute atomic E-state index is 12.9. The molecule has 2 atom stereocenters. The highest BCUT2D eigenvalue weighted by Gasteiger charge is 2.27. The Morgan fingerprint density at radius 3 is 2.72 bits per heavy atom. The van der Waals surface area contributed by atoms with E-state index in [2.05, 4.69) is 13.8 Å². The van der Waals surface area contributed by atoms with E-state index in [0.29, 0.717) is 47.1 Å². The number of methoxy groups -OCH3 is 1. The third-order valence-corrected chi connectivity index (χ3v) is 4.81. The molecule has 2 rings (SSSR count). The van der Waals surface area contributed by atoms with E-state index >= 15 is 0 Å². The summed E-state index contributed by atoms with van der Waals surface area (Å²) < 4.78 is 11.1. The van der Waals surface area contributed by atoms with Crippen molar-refractivity contribution in [2.24, 2.45) is 17.6 Å². The van der Waals surface area contributed by atoms with Gasteiger partial charge in [-0.2, -0.15) is 0 Å². The van der Waals surface area contributed by atoms with Gasteiger partial charge in [-0.3, -0.25) is 4.79 Å². The van der Waals surface area contributed by atoms with Gasteiger partial charge in [0.25, 0.3) is 5.91 Å². The number of hydrogen-bond donors (Lipinski definition) is 1. The fourth-order valence-corrected chi connectivity index (χ4v) is 3.30. The van der Waals surface area contributed by atoms with Gasteiger partial charge in [-0.1, -0.05) is 25.4 Å². The molecular weight excluding hydrogens is 340 g/mol. The summed E-state index contributed by atoms with van der Waals surface area (Å²) in [4.78, 5) is 14.8. The zero-order chi connectivity index (χ0) is 18.6. The molecule has 5 nitrogen and oxygen atoms in total. The average Bonchev–Trinajstić information content (AvgIpc) is 2.59. The van der Waals surface area contributed by atoms with Crippen LogP contribution in [0.3, 0.4) is 0 Å². The summed E-state index contributed by atoms with van der Waals surface area (Å²) in [5.41, 5.74) is 6.54. The molecule has 0 aromatic heterocycles. The molecule has 1 amide bonds. The van der Waals surface area contributed by atoms with Gasteiger partial charge in [0.05, 0.1) is 18.7 Å². The number of hydrogen-bond acceptors (Lipinski definition) is 4. The molecule has 0 saturated carbocycles. The van der Waals surface area contributed by atoms with Crippen molar-refractivity contribution >= 4 is 17.5 Å². The van der Waals surface area contributed by atoms with E-state index in [1.54, 1.807) is 19.2 Å². The number of amides is 1. The lowest BCUT2D eigenvalue weighted by Gasteiger charge is -2.34. The molecule has 0 aliphatic carbocycles. The Balaban J connectivity index is 2.21. The standard InChI is InChI=1S/C19H29ClN2O3/c1-12(2)11-25-18-16(20)8-15(9-17(18)24-4)19(23)22-7-5-6-14(10-22)13(3)21/h8-9,12-14H,5-7,10-11,21H2,1-4H3. The highest BCUT2D eigenvalue weighted by atomic mass is 35.5. The first-order chi connectivity index (χ1) is 11.8. The van der Waals surface area contributed by atoms with Crippen LogP contribution in [0.4, 0.5) is 0 Å². The highest BCUT2D eigenvalue weighted by Crippen LogP contribution is 2.37. The van der Waals surface area contributed by atoms with Gasteiger partial charge in [-0.25, -0.2) is 0 Å². The molecule has 1 fully saturated rings. The quantitative estimate of drug-likeness (QED) is 0.833. The zero-order valence-corrected chi connectivity index (χ0v) is 16.3. The van der Waals surface area contributed by atoms with Gasteiger partial charge in [-0.05, 0) is 43.7 Å². The van der Waals surface area contributed by atoms with Crippen LogP contribution in [0.1, 0.15) is 44.0 Å². The Morgan fingerprint density at radius 1 is 1.40 bits per heavy atom. The minimum absolute atomic E-state index is 0.0408.